The van der Waals surface area contributed by atoms with E-state index in [4.69, 9.17) is 4.74 Å². The van der Waals surface area contributed by atoms with Gasteiger partial charge in [0.05, 0.1) is 12.2 Å². The monoisotopic (exact) mass is 185 g/mol. The van der Waals surface area contributed by atoms with Crippen LogP contribution in [0.4, 0.5) is 0 Å². The summed E-state index contributed by atoms with van der Waals surface area (Å²) in [7, 11) is 0. The zero-order chi connectivity index (χ0) is 9.90. The van der Waals surface area contributed by atoms with Crippen molar-refractivity contribution in [3.05, 3.63) is 0 Å². The van der Waals surface area contributed by atoms with Crippen LogP contribution in [0.1, 0.15) is 34.1 Å². The van der Waals surface area contributed by atoms with Gasteiger partial charge in [-0.15, -0.1) is 0 Å². The van der Waals surface area contributed by atoms with Gasteiger partial charge < -0.3 is 9.64 Å². The first-order valence-electron chi connectivity index (χ1n) is 5.34. The van der Waals surface area contributed by atoms with Gasteiger partial charge in [-0.05, 0) is 46.2 Å². The van der Waals surface area contributed by atoms with Gasteiger partial charge in [-0.1, -0.05) is 6.92 Å². The van der Waals surface area contributed by atoms with Gasteiger partial charge in [-0.3, -0.25) is 0 Å². The van der Waals surface area contributed by atoms with Gasteiger partial charge >= 0.3 is 0 Å². The molecule has 0 aromatic heterocycles. The molecule has 13 heavy (non-hydrogen) atoms. The van der Waals surface area contributed by atoms with E-state index in [0.717, 1.165) is 6.61 Å². The number of nitrogens with zero attached hydrogens (tertiary/aromatic N) is 1. The minimum atomic E-state index is 0.0171. The Labute approximate surface area is 82.3 Å². The van der Waals surface area contributed by atoms with Crippen LogP contribution >= 0.6 is 0 Å². The normalized spacial score (nSPS) is 21.2. The van der Waals surface area contributed by atoms with Crippen LogP contribution in [-0.2, 0) is 4.74 Å². The second-order valence-electron chi connectivity index (χ2n) is 5.18. The third-order valence-corrected chi connectivity index (χ3v) is 2.32. The third-order valence-electron chi connectivity index (χ3n) is 2.32. The lowest BCUT2D eigenvalue weighted by Crippen LogP contribution is -2.41. The molecule has 1 rings (SSSR count). The van der Waals surface area contributed by atoms with Crippen LogP contribution in [0.3, 0.4) is 0 Å². The van der Waals surface area contributed by atoms with Gasteiger partial charge in [-0.25, -0.2) is 0 Å². The summed E-state index contributed by atoms with van der Waals surface area (Å²) in [6.07, 6.45) is 1.38. The molecule has 0 saturated carbocycles. The van der Waals surface area contributed by atoms with Gasteiger partial charge in [-0.2, -0.15) is 0 Å². The fraction of sp³-hybridized carbons (Fsp3) is 1.00. The highest BCUT2D eigenvalue weighted by molar-refractivity contribution is 4.71. The number of hydrogen-bond donors (Lipinski definition) is 0. The standard InChI is InChI=1S/C11H23NO/c1-10(8-12-6-5-7-12)9-13-11(2,3)4/h10H,5-9H2,1-4H3. The predicted molar refractivity (Wildman–Crippen MR) is 55.9 cm³/mol. The zero-order valence-electron chi connectivity index (χ0n) is 9.47. The minimum Gasteiger partial charge on any atom is -0.376 e. The minimum absolute atomic E-state index is 0.0171. The summed E-state index contributed by atoms with van der Waals surface area (Å²) in [5, 5.41) is 0. The van der Waals surface area contributed by atoms with Crippen LogP contribution in [0.15, 0.2) is 0 Å². The summed E-state index contributed by atoms with van der Waals surface area (Å²) in [4.78, 5) is 2.50. The van der Waals surface area contributed by atoms with Crippen molar-refractivity contribution in [2.75, 3.05) is 26.2 Å². The zero-order valence-corrected chi connectivity index (χ0v) is 9.47. The van der Waals surface area contributed by atoms with Crippen molar-refractivity contribution >= 4 is 0 Å². The predicted octanol–water partition coefficient (Wildman–Crippen LogP) is 2.14. The maximum atomic E-state index is 5.73. The first kappa shape index (κ1) is 11.0. The smallest absolute Gasteiger partial charge is 0.0598 e. The average Bonchev–Trinajstić information content (AvgIpc) is 1.91. The Kier molecular flexibility index (Phi) is 3.74. The van der Waals surface area contributed by atoms with Crippen molar-refractivity contribution in [2.45, 2.75) is 39.7 Å². The summed E-state index contributed by atoms with van der Waals surface area (Å²) in [6, 6.07) is 0. The molecule has 78 valence electrons. The molecule has 0 amide bonds. The van der Waals surface area contributed by atoms with Crippen LogP contribution in [0.2, 0.25) is 0 Å². The molecule has 0 spiro atoms. The van der Waals surface area contributed by atoms with Crippen molar-refractivity contribution < 1.29 is 4.74 Å². The highest BCUT2D eigenvalue weighted by Gasteiger charge is 2.18. The van der Waals surface area contributed by atoms with Gasteiger partial charge in [0, 0.05) is 6.54 Å². The Hall–Kier alpha value is -0.0800. The van der Waals surface area contributed by atoms with E-state index >= 15 is 0 Å². The van der Waals surface area contributed by atoms with E-state index in [0.29, 0.717) is 5.92 Å². The van der Waals surface area contributed by atoms with Gasteiger partial charge in [0.15, 0.2) is 0 Å². The fourth-order valence-corrected chi connectivity index (χ4v) is 1.45. The maximum absolute atomic E-state index is 5.73. The second kappa shape index (κ2) is 4.43. The molecule has 0 N–H and O–H groups in total. The Morgan fingerprint density at radius 2 is 1.92 bits per heavy atom. The average molecular weight is 185 g/mol. The molecule has 1 aliphatic rings. The summed E-state index contributed by atoms with van der Waals surface area (Å²) in [5.74, 6) is 0.666. The third kappa shape index (κ3) is 4.63. The molecule has 0 aliphatic carbocycles. The lowest BCUT2D eigenvalue weighted by molar-refractivity contribution is -0.0272. The highest BCUT2D eigenvalue weighted by Crippen LogP contribution is 2.13. The van der Waals surface area contributed by atoms with E-state index in [9.17, 15) is 0 Å². The Morgan fingerprint density at radius 3 is 2.31 bits per heavy atom. The van der Waals surface area contributed by atoms with Gasteiger partial charge in [0.2, 0.25) is 0 Å². The van der Waals surface area contributed by atoms with Crippen LogP contribution in [0.5, 0.6) is 0 Å². The molecular formula is C11H23NO. The van der Waals surface area contributed by atoms with E-state index in [2.05, 4.69) is 32.6 Å². The summed E-state index contributed by atoms with van der Waals surface area (Å²) >= 11 is 0. The molecule has 0 radical (unpaired) electrons. The van der Waals surface area contributed by atoms with E-state index in [-0.39, 0.29) is 5.60 Å². The summed E-state index contributed by atoms with van der Waals surface area (Å²) < 4.78 is 5.73. The van der Waals surface area contributed by atoms with E-state index in [1.54, 1.807) is 0 Å². The van der Waals surface area contributed by atoms with E-state index in [1.165, 1.54) is 26.1 Å². The van der Waals surface area contributed by atoms with E-state index in [1.807, 2.05) is 0 Å². The van der Waals surface area contributed by atoms with Crippen LogP contribution in [0.25, 0.3) is 0 Å². The van der Waals surface area contributed by atoms with Crippen molar-refractivity contribution in [2.24, 2.45) is 5.92 Å². The number of ether oxygens (including phenoxy) is 1. The van der Waals surface area contributed by atoms with Crippen LogP contribution in [-0.4, -0.2) is 36.7 Å². The van der Waals surface area contributed by atoms with Crippen molar-refractivity contribution in [1.82, 2.24) is 4.90 Å². The maximum Gasteiger partial charge on any atom is 0.0598 e. The molecule has 0 aromatic carbocycles. The summed E-state index contributed by atoms with van der Waals surface area (Å²) in [5.41, 5.74) is 0.0171. The Balaban J connectivity index is 2.06. The second-order valence-corrected chi connectivity index (χ2v) is 5.18. The van der Waals surface area contributed by atoms with Crippen molar-refractivity contribution in [3.63, 3.8) is 0 Å². The van der Waals surface area contributed by atoms with Gasteiger partial charge in [0.1, 0.15) is 0 Å². The van der Waals surface area contributed by atoms with Crippen LogP contribution < -0.4 is 0 Å². The lowest BCUT2D eigenvalue weighted by atomic mass is 10.1. The molecule has 1 aliphatic heterocycles. The molecule has 1 saturated heterocycles. The van der Waals surface area contributed by atoms with E-state index < -0.39 is 0 Å². The Morgan fingerprint density at radius 1 is 1.31 bits per heavy atom. The van der Waals surface area contributed by atoms with Gasteiger partial charge in [0.25, 0.3) is 0 Å². The number of likely N-dealkylation sites (tertiary alicyclic amines) is 1. The quantitative estimate of drug-likeness (QED) is 0.665. The molecule has 1 unspecified atom stereocenters. The fourth-order valence-electron chi connectivity index (χ4n) is 1.45. The molecule has 0 aromatic rings. The molecule has 1 heterocycles. The largest absolute Gasteiger partial charge is 0.376 e. The number of hydrogen-bond acceptors (Lipinski definition) is 2. The Bertz CT molecular complexity index is 147. The lowest BCUT2D eigenvalue weighted by Gasteiger charge is -2.33. The van der Waals surface area contributed by atoms with Crippen molar-refractivity contribution in [3.8, 4) is 0 Å². The molecule has 1 fully saturated rings. The first-order valence-corrected chi connectivity index (χ1v) is 5.34. The molecule has 2 heteroatoms. The summed E-state index contributed by atoms with van der Waals surface area (Å²) in [6.45, 7) is 13.3. The van der Waals surface area contributed by atoms with Crippen molar-refractivity contribution in [1.29, 1.82) is 0 Å². The van der Waals surface area contributed by atoms with Crippen LogP contribution in [0, 0.1) is 5.92 Å². The number of rotatable bonds is 4. The SMILES string of the molecule is CC(COC(C)(C)C)CN1CCC1. The first-order chi connectivity index (χ1) is 5.97. The highest BCUT2D eigenvalue weighted by atomic mass is 16.5. The molecule has 1 atom stereocenters. The molecule has 2 nitrogen and oxygen atoms in total. The topological polar surface area (TPSA) is 12.5 Å². The molecule has 0 bridgehead atoms. The molecular weight excluding hydrogens is 162 g/mol.